The van der Waals surface area contributed by atoms with Crippen LogP contribution < -0.4 is 9.47 Å². The zero-order chi connectivity index (χ0) is 13.3. The van der Waals surface area contributed by atoms with Gasteiger partial charge in [0.2, 0.25) is 5.88 Å². The quantitative estimate of drug-likeness (QED) is 0.845. The first-order valence-corrected chi connectivity index (χ1v) is 6.61. The fourth-order valence-corrected chi connectivity index (χ4v) is 2.99. The van der Waals surface area contributed by atoms with Crippen LogP contribution in [0.1, 0.15) is 16.7 Å². The van der Waals surface area contributed by atoms with Gasteiger partial charge in [-0.05, 0) is 43.5 Å². The number of rotatable bonds is 3. The predicted molar refractivity (Wildman–Crippen MR) is 74.9 cm³/mol. The maximum Gasteiger partial charge on any atom is 0.224 e. The van der Waals surface area contributed by atoms with Gasteiger partial charge in [-0.25, -0.2) is 4.98 Å². The molecule has 0 aliphatic heterocycles. The van der Waals surface area contributed by atoms with Crippen LogP contribution >= 0.6 is 11.3 Å². The molecule has 2 rings (SSSR count). The van der Waals surface area contributed by atoms with Crippen molar-refractivity contribution in [1.82, 2.24) is 4.98 Å². The summed E-state index contributed by atoms with van der Waals surface area (Å²) < 4.78 is 10.5. The van der Waals surface area contributed by atoms with Crippen LogP contribution in [0.15, 0.2) is 11.4 Å². The summed E-state index contributed by atoms with van der Waals surface area (Å²) in [7, 11) is 3.34. The zero-order valence-corrected chi connectivity index (χ0v) is 12.1. The van der Waals surface area contributed by atoms with E-state index in [1.54, 1.807) is 25.6 Å². The molecule has 0 atom stereocenters. The Morgan fingerprint density at radius 3 is 2.33 bits per heavy atom. The Morgan fingerprint density at radius 1 is 1.06 bits per heavy atom. The number of methoxy groups -OCH3 is 2. The van der Waals surface area contributed by atoms with Gasteiger partial charge in [-0.2, -0.15) is 0 Å². The first-order chi connectivity index (χ1) is 8.58. The van der Waals surface area contributed by atoms with Gasteiger partial charge in [0.05, 0.1) is 19.6 Å². The number of hydrogen-bond donors (Lipinski definition) is 0. The Bertz CT molecular complexity index is 575. The molecule has 0 aliphatic rings. The first kappa shape index (κ1) is 12.9. The number of aromatic nitrogens is 1. The van der Waals surface area contributed by atoms with Crippen molar-refractivity contribution in [2.45, 2.75) is 20.8 Å². The van der Waals surface area contributed by atoms with E-state index >= 15 is 0 Å². The molecular formula is C14H17NO2S. The van der Waals surface area contributed by atoms with Crippen LogP contribution in [0.2, 0.25) is 0 Å². The van der Waals surface area contributed by atoms with Crippen molar-refractivity contribution in [2.24, 2.45) is 0 Å². The normalized spacial score (nSPS) is 10.5. The molecule has 0 saturated heterocycles. The summed E-state index contributed by atoms with van der Waals surface area (Å²) in [4.78, 5) is 4.47. The molecule has 0 fully saturated rings. The van der Waals surface area contributed by atoms with Gasteiger partial charge in [-0.1, -0.05) is 0 Å². The van der Waals surface area contributed by atoms with E-state index in [1.807, 2.05) is 5.38 Å². The maximum atomic E-state index is 5.38. The minimum absolute atomic E-state index is 0.669. The van der Waals surface area contributed by atoms with Gasteiger partial charge in [0.25, 0.3) is 0 Å². The molecule has 18 heavy (non-hydrogen) atoms. The maximum absolute atomic E-state index is 5.38. The second-order valence-electron chi connectivity index (χ2n) is 4.22. The lowest BCUT2D eigenvalue weighted by molar-refractivity contribution is 0.401. The molecule has 96 valence electrons. The van der Waals surface area contributed by atoms with E-state index in [4.69, 9.17) is 9.47 Å². The number of nitrogens with zero attached hydrogens (tertiary/aromatic N) is 1. The Morgan fingerprint density at radius 2 is 1.78 bits per heavy atom. The van der Waals surface area contributed by atoms with Crippen molar-refractivity contribution in [1.29, 1.82) is 0 Å². The Hall–Kier alpha value is -1.55. The van der Waals surface area contributed by atoms with Crippen LogP contribution in [0.3, 0.4) is 0 Å². The molecule has 4 heteroatoms. The van der Waals surface area contributed by atoms with Crippen molar-refractivity contribution >= 4 is 11.3 Å². The number of ether oxygens (including phenoxy) is 2. The highest BCUT2D eigenvalue weighted by Crippen LogP contribution is 2.36. The molecule has 0 radical (unpaired) electrons. The van der Waals surface area contributed by atoms with Crippen molar-refractivity contribution in [2.75, 3.05) is 14.2 Å². The monoisotopic (exact) mass is 263 g/mol. The van der Waals surface area contributed by atoms with Gasteiger partial charge in [0.15, 0.2) is 0 Å². The van der Waals surface area contributed by atoms with Gasteiger partial charge in [-0.15, -0.1) is 11.3 Å². The highest BCUT2D eigenvalue weighted by molar-refractivity contribution is 7.13. The molecule has 0 amide bonds. The molecule has 0 spiro atoms. The standard InChI is InChI=1S/C14H17NO2S/c1-8-6-11(16-4)9(2)10(3)13(8)14-15-12(17-5)7-18-14/h6-7H,1-5H3. The van der Waals surface area contributed by atoms with Crippen molar-refractivity contribution < 1.29 is 9.47 Å². The highest BCUT2D eigenvalue weighted by Gasteiger charge is 2.15. The van der Waals surface area contributed by atoms with E-state index in [9.17, 15) is 0 Å². The summed E-state index contributed by atoms with van der Waals surface area (Å²) in [6.45, 7) is 6.26. The predicted octanol–water partition coefficient (Wildman–Crippen LogP) is 3.75. The minimum Gasteiger partial charge on any atom is -0.496 e. The lowest BCUT2D eigenvalue weighted by Crippen LogP contribution is -1.96. The van der Waals surface area contributed by atoms with Crippen LogP contribution in [0.4, 0.5) is 0 Å². The van der Waals surface area contributed by atoms with Crippen LogP contribution in [0.5, 0.6) is 11.6 Å². The Labute approximate surface area is 111 Å². The first-order valence-electron chi connectivity index (χ1n) is 5.73. The van der Waals surface area contributed by atoms with E-state index in [0.717, 1.165) is 16.3 Å². The summed E-state index contributed by atoms with van der Waals surface area (Å²) in [6, 6.07) is 2.06. The lowest BCUT2D eigenvalue weighted by Gasteiger charge is -2.14. The van der Waals surface area contributed by atoms with Gasteiger partial charge in [0, 0.05) is 5.56 Å². The van der Waals surface area contributed by atoms with Gasteiger partial charge < -0.3 is 9.47 Å². The molecule has 1 heterocycles. The molecule has 1 aromatic carbocycles. The van der Waals surface area contributed by atoms with Crippen molar-refractivity contribution in [3.63, 3.8) is 0 Å². The number of aryl methyl sites for hydroxylation is 1. The summed E-state index contributed by atoms with van der Waals surface area (Å²) >= 11 is 1.60. The molecule has 0 bridgehead atoms. The van der Waals surface area contributed by atoms with Crippen LogP contribution in [0.25, 0.3) is 10.6 Å². The van der Waals surface area contributed by atoms with E-state index < -0.39 is 0 Å². The van der Waals surface area contributed by atoms with Crippen LogP contribution in [0, 0.1) is 20.8 Å². The summed E-state index contributed by atoms with van der Waals surface area (Å²) in [5, 5.41) is 2.92. The zero-order valence-electron chi connectivity index (χ0n) is 11.3. The van der Waals surface area contributed by atoms with Crippen molar-refractivity contribution in [3.05, 3.63) is 28.1 Å². The molecule has 1 aromatic heterocycles. The number of hydrogen-bond acceptors (Lipinski definition) is 4. The fraction of sp³-hybridized carbons (Fsp3) is 0.357. The smallest absolute Gasteiger partial charge is 0.224 e. The van der Waals surface area contributed by atoms with Crippen LogP contribution in [-0.2, 0) is 0 Å². The summed E-state index contributed by atoms with van der Waals surface area (Å²) in [6.07, 6.45) is 0. The third-order valence-corrected chi connectivity index (χ3v) is 4.01. The molecule has 2 aromatic rings. The fourth-order valence-electron chi connectivity index (χ4n) is 2.05. The SMILES string of the molecule is COc1csc(-c2c(C)cc(OC)c(C)c2C)n1. The Kier molecular flexibility index (Phi) is 3.57. The average molecular weight is 263 g/mol. The third kappa shape index (κ3) is 2.08. The van der Waals surface area contributed by atoms with E-state index in [-0.39, 0.29) is 0 Å². The second-order valence-corrected chi connectivity index (χ2v) is 5.07. The van der Waals surface area contributed by atoms with Gasteiger partial charge in [0.1, 0.15) is 10.8 Å². The molecule has 0 N–H and O–H groups in total. The molecule has 3 nitrogen and oxygen atoms in total. The van der Waals surface area contributed by atoms with E-state index in [1.165, 1.54) is 16.7 Å². The second kappa shape index (κ2) is 4.98. The molecular weight excluding hydrogens is 246 g/mol. The average Bonchev–Trinajstić information content (AvgIpc) is 2.82. The molecule has 0 unspecified atom stereocenters. The molecule has 0 saturated carbocycles. The number of benzene rings is 1. The summed E-state index contributed by atoms with van der Waals surface area (Å²) in [5.41, 5.74) is 4.73. The lowest BCUT2D eigenvalue weighted by atomic mass is 9.98. The third-order valence-electron chi connectivity index (χ3n) is 3.18. The molecule has 0 aliphatic carbocycles. The van der Waals surface area contributed by atoms with E-state index in [2.05, 4.69) is 31.8 Å². The van der Waals surface area contributed by atoms with Gasteiger partial charge >= 0.3 is 0 Å². The number of thiazole rings is 1. The van der Waals surface area contributed by atoms with Gasteiger partial charge in [-0.3, -0.25) is 0 Å². The summed E-state index contributed by atoms with van der Waals surface area (Å²) in [5.74, 6) is 1.60. The Balaban J connectivity index is 2.60. The van der Waals surface area contributed by atoms with Crippen molar-refractivity contribution in [3.8, 4) is 22.2 Å². The largest absolute Gasteiger partial charge is 0.496 e. The minimum atomic E-state index is 0.669. The van der Waals surface area contributed by atoms with Crippen LogP contribution in [-0.4, -0.2) is 19.2 Å². The van der Waals surface area contributed by atoms with E-state index in [0.29, 0.717) is 5.88 Å². The topological polar surface area (TPSA) is 31.4 Å². The highest BCUT2D eigenvalue weighted by atomic mass is 32.1.